The van der Waals surface area contributed by atoms with Crippen LogP contribution in [-0.4, -0.2) is 22.5 Å². The average molecular weight is 415 g/mol. The maximum atomic E-state index is 12.5. The van der Waals surface area contributed by atoms with Crippen molar-refractivity contribution in [2.24, 2.45) is 0 Å². The van der Waals surface area contributed by atoms with Gasteiger partial charge in [0.05, 0.1) is 6.26 Å². The molecule has 0 atom stereocenters. The van der Waals surface area contributed by atoms with Gasteiger partial charge in [-0.25, -0.2) is 0 Å². The van der Waals surface area contributed by atoms with Crippen LogP contribution in [0.25, 0.3) is 22.8 Å². The molecule has 4 rings (SSSR count). The van der Waals surface area contributed by atoms with Gasteiger partial charge in [-0.15, -0.1) is 18.3 Å². The lowest BCUT2D eigenvalue weighted by Crippen LogP contribution is -2.16. The van der Waals surface area contributed by atoms with E-state index in [2.05, 4.69) is 20.3 Å². The van der Waals surface area contributed by atoms with Crippen molar-refractivity contribution >= 4 is 11.9 Å². The third kappa shape index (κ3) is 4.49. The molecule has 2 aromatic heterocycles. The van der Waals surface area contributed by atoms with E-state index in [9.17, 15) is 18.0 Å². The maximum Gasteiger partial charge on any atom is 0.573 e. The summed E-state index contributed by atoms with van der Waals surface area (Å²) in [7, 11) is 0. The molecule has 0 fully saturated rings. The van der Waals surface area contributed by atoms with E-state index in [1.54, 1.807) is 36.4 Å². The number of amides is 1. The number of carbonyl (C=O) groups excluding carboxylic acids is 1. The van der Waals surface area contributed by atoms with Gasteiger partial charge in [-0.05, 0) is 47.5 Å². The fourth-order valence-electron chi connectivity index (χ4n) is 2.63. The van der Waals surface area contributed by atoms with Crippen LogP contribution >= 0.6 is 0 Å². The first kappa shape index (κ1) is 19.2. The number of hydrogen-bond donors (Lipinski definition) is 1. The predicted molar refractivity (Wildman–Crippen MR) is 98.5 cm³/mol. The van der Waals surface area contributed by atoms with Gasteiger partial charge in [-0.1, -0.05) is 29.4 Å². The molecule has 0 radical (unpaired) electrons. The number of rotatable bonds is 5. The minimum atomic E-state index is -4.76. The van der Waals surface area contributed by atoms with Gasteiger partial charge < -0.3 is 13.6 Å². The highest BCUT2D eigenvalue weighted by Gasteiger charge is 2.31. The van der Waals surface area contributed by atoms with Crippen LogP contribution in [-0.2, 0) is 0 Å². The monoisotopic (exact) mass is 415 g/mol. The highest BCUT2D eigenvalue weighted by molar-refractivity contribution is 6.03. The van der Waals surface area contributed by atoms with Gasteiger partial charge in [0.25, 0.3) is 11.8 Å². The Balaban J connectivity index is 1.48. The van der Waals surface area contributed by atoms with E-state index in [0.29, 0.717) is 22.5 Å². The lowest BCUT2D eigenvalue weighted by atomic mass is 10.0. The summed E-state index contributed by atoms with van der Waals surface area (Å²) in [6, 6.07) is 15.0. The number of anilines is 1. The number of carbonyl (C=O) groups is 1. The molecule has 0 aliphatic carbocycles. The average Bonchev–Trinajstić information content (AvgIpc) is 3.39. The Labute approximate surface area is 167 Å². The van der Waals surface area contributed by atoms with E-state index in [0.717, 1.165) is 0 Å². The maximum absolute atomic E-state index is 12.5. The fourth-order valence-corrected chi connectivity index (χ4v) is 2.63. The molecule has 10 heteroatoms. The minimum Gasteiger partial charge on any atom is -0.459 e. The summed E-state index contributed by atoms with van der Waals surface area (Å²) >= 11 is 0. The summed E-state index contributed by atoms with van der Waals surface area (Å²) in [4.78, 5) is 12.5. The summed E-state index contributed by atoms with van der Waals surface area (Å²) in [6.07, 6.45) is -3.31. The molecule has 2 aromatic carbocycles. The Morgan fingerprint density at radius 1 is 0.967 bits per heavy atom. The molecular formula is C20H12F3N3O4. The van der Waals surface area contributed by atoms with E-state index >= 15 is 0 Å². The van der Waals surface area contributed by atoms with Crippen molar-refractivity contribution in [2.75, 3.05) is 5.32 Å². The van der Waals surface area contributed by atoms with Gasteiger partial charge in [0.2, 0.25) is 0 Å². The predicted octanol–water partition coefficient (Wildman–Crippen LogP) is 5.15. The molecule has 0 aliphatic rings. The molecule has 0 spiro atoms. The van der Waals surface area contributed by atoms with Crippen molar-refractivity contribution in [2.45, 2.75) is 6.36 Å². The molecular weight excluding hydrogens is 403 g/mol. The molecule has 0 saturated carbocycles. The Kier molecular flexibility index (Phi) is 4.97. The molecule has 4 aromatic rings. The summed E-state index contributed by atoms with van der Waals surface area (Å²) in [5.74, 6) is -0.347. The molecule has 0 aliphatic heterocycles. The van der Waals surface area contributed by atoms with E-state index in [1.165, 1.54) is 30.5 Å². The Hall–Kier alpha value is -4.08. The minimum absolute atomic E-state index is 0.106. The van der Waals surface area contributed by atoms with Crippen molar-refractivity contribution in [3.05, 3.63) is 72.5 Å². The molecule has 152 valence electrons. The number of furan rings is 1. The van der Waals surface area contributed by atoms with Crippen LogP contribution < -0.4 is 10.1 Å². The number of alkyl halides is 3. The topological polar surface area (TPSA) is 90.4 Å². The second kappa shape index (κ2) is 7.74. The second-order valence-corrected chi connectivity index (χ2v) is 6.00. The summed E-state index contributed by atoms with van der Waals surface area (Å²) in [5, 5.41) is 10.0. The standard InChI is InChI=1S/C20H12F3N3O4/c21-20(22,23)30-15-8-6-12(7-9-15)13-3-1-4-14(11-13)17(27)24-19-26-25-18(29-19)16-5-2-10-28-16/h1-11H,(H,24,26,27). The van der Waals surface area contributed by atoms with Crippen LogP contribution in [0.1, 0.15) is 10.4 Å². The van der Waals surface area contributed by atoms with E-state index in [4.69, 9.17) is 8.83 Å². The normalized spacial score (nSPS) is 11.3. The molecule has 0 saturated heterocycles. The summed E-state index contributed by atoms with van der Waals surface area (Å²) < 4.78 is 51.2. The molecule has 30 heavy (non-hydrogen) atoms. The van der Waals surface area contributed by atoms with Crippen LogP contribution in [0.2, 0.25) is 0 Å². The van der Waals surface area contributed by atoms with Gasteiger partial charge in [-0.3, -0.25) is 10.1 Å². The smallest absolute Gasteiger partial charge is 0.459 e. The third-order valence-corrected chi connectivity index (χ3v) is 3.92. The van der Waals surface area contributed by atoms with Gasteiger partial charge in [-0.2, -0.15) is 0 Å². The van der Waals surface area contributed by atoms with Crippen molar-refractivity contribution < 1.29 is 31.5 Å². The van der Waals surface area contributed by atoms with Crippen molar-refractivity contribution in [1.29, 1.82) is 0 Å². The van der Waals surface area contributed by atoms with Crippen molar-refractivity contribution in [3.63, 3.8) is 0 Å². The van der Waals surface area contributed by atoms with Crippen LogP contribution in [0, 0.1) is 0 Å². The van der Waals surface area contributed by atoms with E-state index < -0.39 is 12.3 Å². The highest BCUT2D eigenvalue weighted by Crippen LogP contribution is 2.27. The molecule has 7 nitrogen and oxygen atoms in total. The quantitative estimate of drug-likeness (QED) is 0.485. The largest absolute Gasteiger partial charge is 0.573 e. The van der Waals surface area contributed by atoms with Gasteiger partial charge >= 0.3 is 12.4 Å². The molecule has 0 bridgehead atoms. The Morgan fingerprint density at radius 2 is 1.77 bits per heavy atom. The first-order valence-electron chi connectivity index (χ1n) is 8.52. The van der Waals surface area contributed by atoms with Crippen molar-refractivity contribution in [1.82, 2.24) is 10.2 Å². The molecule has 2 heterocycles. The lowest BCUT2D eigenvalue weighted by Gasteiger charge is -2.10. The van der Waals surface area contributed by atoms with Gasteiger partial charge in [0, 0.05) is 5.56 Å². The van der Waals surface area contributed by atoms with E-state index in [1.807, 2.05) is 0 Å². The van der Waals surface area contributed by atoms with Gasteiger partial charge in [0.1, 0.15) is 5.75 Å². The van der Waals surface area contributed by atoms with Crippen LogP contribution in [0.15, 0.2) is 75.8 Å². The second-order valence-electron chi connectivity index (χ2n) is 6.00. The van der Waals surface area contributed by atoms with Crippen LogP contribution in [0.4, 0.5) is 19.2 Å². The molecule has 1 N–H and O–H groups in total. The number of halogens is 3. The van der Waals surface area contributed by atoms with Crippen molar-refractivity contribution in [3.8, 4) is 28.5 Å². The lowest BCUT2D eigenvalue weighted by molar-refractivity contribution is -0.274. The zero-order valence-electron chi connectivity index (χ0n) is 15.0. The number of aromatic nitrogens is 2. The molecule has 1 amide bonds. The fraction of sp³-hybridized carbons (Fsp3) is 0.0500. The van der Waals surface area contributed by atoms with Gasteiger partial charge in [0.15, 0.2) is 5.76 Å². The Morgan fingerprint density at radius 3 is 2.47 bits per heavy atom. The SMILES string of the molecule is O=C(Nc1nnc(-c2ccco2)o1)c1cccc(-c2ccc(OC(F)(F)F)cc2)c1. The highest BCUT2D eigenvalue weighted by atomic mass is 19.4. The van der Waals surface area contributed by atoms with Crippen LogP contribution in [0.5, 0.6) is 5.75 Å². The Bertz CT molecular complexity index is 1150. The summed E-state index contributed by atoms with van der Waals surface area (Å²) in [6.45, 7) is 0. The summed E-state index contributed by atoms with van der Waals surface area (Å²) in [5.41, 5.74) is 1.53. The number of ether oxygens (including phenoxy) is 1. The third-order valence-electron chi connectivity index (χ3n) is 3.92. The number of hydrogen-bond acceptors (Lipinski definition) is 6. The molecule has 0 unspecified atom stereocenters. The zero-order valence-corrected chi connectivity index (χ0v) is 15.0. The van der Waals surface area contributed by atoms with E-state index in [-0.39, 0.29) is 17.7 Å². The number of nitrogens with one attached hydrogen (secondary N) is 1. The first-order valence-corrected chi connectivity index (χ1v) is 8.52. The number of benzene rings is 2. The first-order chi connectivity index (χ1) is 14.4. The number of nitrogens with zero attached hydrogens (tertiary/aromatic N) is 2. The van der Waals surface area contributed by atoms with Crippen LogP contribution in [0.3, 0.4) is 0 Å². The zero-order chi connectivity index (χ0) is 21.1.